The number of hydrogen-bond acceptors (Lipinski definition) is 7. The number of benzene rings is 2. The number of phenolic OH excluding ortho intramolecular Hbond substituents is 1. The number of rotatable bonds is 3. The highest BCUT2D eigenvalue weighted by atomic mass is 79.9. The number of allylic oxidation sites excluding steroid dienone is 2. The highest BCUT2D eigenvalue weighted by molar-refractivity contribution is 9.10. The fourth-order valence-corrected chi connectivity index (χ4v) is 5.82. The molecule has 0 saturated heterocycles. The molecule has 3 aliphatic rings. The third-order valence-electron chi connectivity index (χ3n) is 7.31. The summed E-state index contributed by atoms with van der Waals surface area (Å²) in [6.07, 6.45) is 3.80. The smallest absolute Gasteiger partial charge is 0.255 e. The van der Waals surface area contributed by atoms with Crippen molar-refractivity contribution in [3.05, 3.63) is 85.8 Å². The zero-order valence-electron chi connectivity index (χ0n) is 18.9. The zero-order valence-corrected chi connectivity index (χ0v) is 20.4. The lowest BCUT2D eigenvalue weighted by atomic mass is 9.60. The van der Waals surface area contributed by atoms with Crippen molar-refractivity contribution in [2.75, 3.05) is 0 Å². The highest BCUT2D eigenvalue weighted by Crippen LogP contribution is 2.51. The first-order chi connectivity index (χ1) is 17.0. The average Bonchev–Trinajstić information content (AvgIpc) is 2.81. The third kappa shape index (κ3) is 3.50. The number of phenols is 1. The number of ketones is 2. The number of carbonyl (C=O) groups excluding carboxylic acids is 3. The molecule has 0 heterocycles. The van der Waals surface area contributed by atoms with E-state index >= 15 is 0 Å². The lowest BCUT2D eigenvalue weighted by Crippen LogP contribution is -2.57. The second-order valence-electron chi connectivity index (χ2n) is 9.32. The average molecular weight is 552 g/mol. The van der Waals surface area contributed by atoms with Crippen LogP contribution in [0.2, 0.25) is 0 Å². The molecule has 36 heavy (non-hydrogen) atoms. The standard InChI is InChI=1S/C27H22BrNO7/c28-16-6-2-12(3-7-16)1-4-13-5-8-18(30)21-17(13)10-14-9-15-11-19(31)22(26(29)35)25(34)27(15,36)24(33)20(14)23(21)32/h1-8,14-15,30-31,33,36H,9-11H2,(H2,29,35)/b4-1+/t14-,15+,27+/m1/s1. The Balaban J connectivity index is 1.60. The van der Waals surface area contributed by atoms with Gasteiger partial charge in [0.2, 0.25) is 5.78 Å². The van der Waals surface area contributed by atoms with Gasteiger partial charge in [-0.05, 0) is 53.6 Å². The Morgan fingerprint density at radius 3 is 2.39 bits per heavy atom. The van der Waals surface area contributed by atoms with Crippen molar-refractivity contribution in [2.45, 2.75) is 24.9 Å². The summed E-state index contributed by atoms with van der Waals surface area (Å²) in [5.74, 6) is -6.39. The topological polar surface area (TPSA) is 158 Å². The molecule has 2 aromatic rings. The van der Waals surface area contributed by atoms with Gasteiger partial charge in [0.25, 0.3) is 5.91 Å². The molecule has 0 bridgehead atoms. The molecular formula is C27H22BrNO7. The predicted octanol–water partition coefficient (Wildman–Crippen LogP) is 3.51. The van der Waals surface area contributed by atoms with Gasteiger partial charge in [-0.15, -0.1) is 0 Å². The van der Waals surface area contributed by atoms with E-state index in [2.05, 4.69) is 15.9 Å². The first-order valence-corrected chi connectivity index (χ1v) is 12.1. The van der Waals surface area contributed by atoms with Crippen molar-refractivity contribution in [1.29, 1.82) is 0 Å². The molecule has 6 N–H and O–H groups in total. The maximum Gasteiger partial charge on any atom is 0.255 e. The lowest BCUT2D eigenvalue weighted by molar-refractivity contribution is -0.144. The van der Waals surface area contributed by atoms with Gasteiger partial charge >= 0.3 is 0 Å². The number of hydrogen-bond donors (Lipinski definition) is 5. The van der Waals surface area contributed by atoms with Crippen LogP contribution in [0.1, 0.15) is 39.9 Å². The third-order valence-corrected chi connectivity index (χ3v) is 7.84. The van der Waals surface area contributed by atoms with Crippen molar-refractivity contribution in [1.82, 2.24) is 0 Å². The molecule has 3 aliphatic carbocycles. The van der Waals surface area contributed by atoms with Gasteiger partial charge in [-0.25, -0.2) is 0 Å². The largest absolute Gasteiger partial charge is 0.511 e. The summed E-state index contributed by atoms with van der Waals surface area (Å²) in [6.45, 7) is 0. The first-order valence-electron chi connectivity index (χ1n) is 11.3. The van der Waals surface area contributed by atoms with Crippen molar-refractivity contribution in [2.24, 2.45) is 17.6 Å². The molecule has 0 fully saturated rings. The van der Waals surface area contributed by atoms with Crippen molar-refractivity contribution < 1.29 is 34.8 Å². The second kappa shape index (κ2) is 8.46. The van der Waals surface area contributed by atoms with E-state index in [9.17, 15) is 34.8 Å². The lowest BCUT2D eigenvalue weighted by Gasteiger charge is -2.45. The molecule has 184 valence electrons. The van der Waals surface area contributed by atoms with E-state index in [-0.39, 0.29) is 36.1 Å². The fraction of sp³-hybridized carbons (Fsp3) is 0.222. The number of Topliss-reactive ketones (excluding diaryl/α,β-unsaturated/α-hetero) is 2. The molecule has 5 rings (SSSR count). The van der Waals surface area contributed by atoms with E-state index in [1.165, 1.54) is 6.07 Å². The number of fused-ring (bicyclic) bond motifs is 3. The summed E-state index contributed by atoms with van der Waals surface area (Å²) in [7, 11) is 0. The van der Waals surface area contributed by atoms with Crippen LogP contribution < -0.4 is 5.73 Å². The van der Waals surface area contributed by atoms with E-state index in [4.69, 9.17) is 5.73 Å². The van der Waals surface area contributed by atoms with Crippen LogP contribution in [0.15, 0.2) is 63.5 Å². The molecular weight excluding hydrogens is 530 g/mol. The minimum atomic E-state index is -2.57. The molecule has 0 unspecified atom stereocenters. The van der Waals surface area contributed by atoms with Crippen LogP contribution in [0.3, 0.4) is 0 Å². The molecule has 0 aliphatic heterocycles. The van der Waals surface area contributed by atoms with Crippen molar-refractivity contribution >= 4 is 45.6 Å². The quantitative estimate of drug-likeness (QED) is 0.288. The van der Waals surface area contributed by atoms with Crippen LogP contribution >= 0.6 is 15.9 Å². The van der Waals surface area contributed by atoms with E-state index in [1.54, 1.807) is 6.07 Å². The van der Waals surface area contributed by atoms with Crippen LogP contribution in [0, 0.1) is 11.8 Å². The molecule has 9 heteroatoms. The summed E-state index contributed by atoms with van der Waals surface area (Å²) in [5, 5.41) is 43.2. The Hall–Kier alpha value is -3.69. The number of aliphatic hydroxyl groups is 3. The molecule has 0 saturated carbocycles. The summed E-state index contributed by atoms with van der Waals surface area (Å²) >= 11 is 3.39. The van der Waals surface area contributed by atoms with Gasteiger partial charge in [-0.1, -0.05) is 46.3 Å². The number of nitrogens with two attached hydrogens (primary N) is 1. The number of amides is 1. The Labute approximate surface area is 214 Å². The normalized spacial score (nSPS) is 25.6. The van der Waals surface area contributed by atoms with Gasteiger partial charge in [0.1, 0.15) is 22.8 Å². The Bertz CT molecular complexity index is 1440. The Morgan fingerprint density at radius 2 is 1.72 bits per heavy atom. The van der Waals surface area contributed by atoms with E-state index in [0.29, 0.717) is 11.1 Å². The zero-order chi connectivity index (χ0) is 25.9. The Morgan fingerprint density at radius 1 is 1.03 bits per heavy atom. The maximum absolute atomic E-state index is 13.6. The van der Waals surface area contributed by atoms with Crippen LogP contribution in [-0.4, -0.2) is 43.5 Å². The van der Waals surface area contributed by atoms with Gasteiger partial charge in [0, 0.05) is 22.4 Å². The SMILES string of the molecule is NC(=O)C1=C(O)C[C@@H]2C[C@@H]3Cc4c(/C=C/c5ccc(Br)cc5)ccc(O)c4C(=O)C3=C(O)[C@]2(O)C1=O. The van der Waals surface area contributed by atoms with Crippen LogP contribution in [0.5, 0.6) is 5.75 Å². The maximum atomic E-state index is 13.6. The minimum absolute atomic E-state index is 0.00965. The first kappa shape index (κ1) is 24.0. The molecule has 3 atom stereocenters. The molecule has 0 spiro atoms. The predicted molar refractivity (Wildman–Crippen MR) is 134 cm³/mol. The van der Waals surface area contributed by atoms with E-state index < -0.39 is 52.0 Å². The molecule has 0 radical (unpaired) electrons. The van der Waals surface area contributed by atoms with E-state index in [1.807, 2.05) is 36.4 Å². The van der Waals surface area contributed by atoms with Crippen LogP contribution in [0.25, 0.3) is 12.2 Å². The monoisotopic (exact) mass is 551 g/mol. The number of carbonyl (C=O) groups is 3. The summed E-state index contributed by atoms with van der Waals surface area (Å²) in [5.41, 5.74) is 3.89. The Kier molecular flexibility index (Phi) is 5.65. The minimum Gasteiger partial charge on any atom is -0.511 e. The number of aromatic hydroxyl groups is 1. The van der Waals surface area contributed by atoms with E-state index in [0.717, 1.165) is 10.0 Å². The summed E-state index contributed by atoms with van der Waals surface area (Å²) in [6, 6.07) is 10.7. The number of primary amides is 1. The van der Waals surface area contributed by atoms with Crippen molar-refractivity contribution in [3.63, 3.8) is 0 Å². The molecule has 8 nitrogen and oxygen atoms in total. The molecule has 1 amide bonds. The van der Waals surface area contributed by atoms with Gasteiger partial charge in [-0.3, -0.25) is 14.4 Å². The van der Waals surface area contributed by atoms with Gasteiger partial charge in [0.15, 0.2) is 11.4 Å². The summed E-state index contributed by atoms with van der Waals surface area (Å²) < 4.78 is 0.939. The number of halogens is 1. The summed E-state index contributed by atoms with van der Waals surface area (Å²) in [4.78, 5) is 38.3. The number of aliphatic hydroxyl groups excluding tert-OH is 2. The fourth-order valence-electron chi connectivity index (χ4n) is 5.56. The molecule has 0 aromatic heterocycles. The van der Waals surface area contributed by atoms with Crippen LogP contribution in [-0.2, 0) is 16.0 Å². The molecule has 2 aromatic carbocycles. The second-order valence-corrected chi connectivity index (χ2v) is 10.2. The van der Waals surface area contributed by atoms with Gasteiger partial charge < -0.3 is 26.2 Å². The highest BCUT2D eigenvalue weighted by Gasteiger charge is 2.59. The van der Waals surface area contributed by atoms with Gasteiger partial charge in [-0.2, -0.15) is 0 Å². The van der Waals surface area contributed by atoms with Crippen molar-refractivity contribution in [3.8, 4) is 5.75 Å². The van der Waals surface area contributed by atoms with Crippen LogP contribution in [0.4, 0.5) is 0 Å². The van der Waals surface area contributed by atoms with Gasteiger partial charge in [0.05, 0.1) is 5.56 Å².